The fraction of sp³-hybridized carbons (Fsp3) is 0.588. The number of esters is 1. The highest BCUT2D eigenvalue weighted by Gasteiger charge is 2.40. The lowest BCUT2D eigenvalue weighted by Crippen LogP contribution is -2.42. The van der Waals surface area contributed by atoms with Gasteiger partial charge in [0.2, 0.25) is 5.60 Å². The Kier molecular flexibility index (Phi) is 7.40. The van der Waals surface area contributed by atoms with Gasteiger partial charge in [-0.1, -0.05) is 57.0 Å². The van der Waals surface area contributed by atoms with E-state index in [9.17, 15) is 15.0 Å². The Labute approximate surface area is 126 Å². The lowest BCUT2D eigenvalue weighted by Gasteiger charge is -2.27. The van der Waals surface area contributed by atoms with E-state index < -0.39 is 18.2 Å². The Balaban J connectivity index is 2.74. The second kappa shape index (κ2) is 8.80. The van der Waals surface area contributed by atoms with Gasteiger partial charge in [0, 0.05) is 0 Å². The van der Waals surface area contributed by atoms with Crippen LogP contribution >= 0.6 is 0 Å². The Morgan fingerprint density at radius 2 is 1.90 bits per heavy atom. The quantitative estimate of drug-likeness (QED) is 0.543. The smallest absolute Gasteiger partial charge is 0.345 e. The zero-order valence-electron chi connectivity index (χ0n) is 12.9. The second-order valence-electron chi connectivity index (χ2n) is 5.32. The maximum atomic E-state index is 12.3. The monoisotopic (exact) mass is 294 g/mol. The summed E-state index contributed by atoms with van der Waals surface area (Å²) < 4.78 is 5.41. The number of carbonyl (C=O) groups excluding carboxylic acids is 1. The van der Waals surface area contributed by atoms with E-state index in [1.54, 1.807) is 30.3 Å². The van der Waals surface area contributed by atoms with E-state index in [0.717, 1.165) is 25.7 Å². The number of ether oxygens (including phenoxy) is 1. The summed E-state index contributed by atoms with van der Waals surface area (Å²) in [4.78, 5) is 12.3. The van der Waals surface area contributed by atoms with Crippen LogP contribution in [0.3, 0.4) is 0 Å². The van der Waals surface area contributed by atoms with Crippen LogP contribution in [0.1, 0.15) is 51.5 Å². The van der Waals surface area contributed by atoms with Gasteiger partial charge in [-0.25, -0.2) is 4.79 Å². The van der Waals surface area contributed by atoms with Crippen LogP contribution in [0.15, 0.2) is 30.3 Å². The van der Waals surface area contributed by atoms with E-state index in [-0.39, 0.29) is 6.10 Å². The summed E-state index contributed by atoms with van der Waals surface area (Å²) in [6.07, 6.45) is 4.46. The molecule has 1 aromatic rings. The van der Waals surface area contributed by atoms with Crippen LogP contribution in [0.25, 0.3) is 0 Å². The van der Waals surface area contributed by atoms with E-state index in [2.05, 4.69) is 6.92 Å². The molecule has 0 aromatic heterocycles. The molecule has 118 valence electrons. The van der Waals surface area contributed by atoms with Crippen molar-refractivity contribution < 1.29 is 19.7 Å². The molecule has 1 rings (SSSR count). The first-order valence-corrected chi connectivity index (χ1v) is 7.68. The van der Waals surface area contributed by atoms with Gasteiger partial charge < -0.3 is 14.9 Å². The summed E-state index contributed by atoms with van der Waals surface area (Å²) in [6.45, 7) is 3.37. The van der Waals surface area contributed by atoms with Crippen LogP contribution in [0.2, 0.25) is 0 Å². The average molecular weight is 294 g/mol. The van der Waals surface area contributed by atoms with Gasteiger partial charge in [-0.2, -0.15) is 0 Å². The molecule has 4 heteroatoms. The number of hydrogen-bond acceptors (Lipinski definition) is 4. The van der Waals surface area contributed by atoms with Crippen LogP contribution < -0.4 is 0 Å². The molecule has 21 heavy (non-hydrogen) atoms. The van der Waals surface area contributed by atoms with Gasteiger partial charge in [0.15, 0.2) is 0 Å². The van der Waals surface area contributed by atoms with E-state index in [1.165, 1.54) is 0 Å². The molecule has 1 aromatic carbocycles. The van der Waals surface area contributed by atoms with Crippen molar-refractivity contribution in [3.05, 3.63) is 35.9 Å². The number of aliphatic hydroxyl groups excluding tert-OH is 1. The average Bonchev–Trinajstić information content (AvgIpc) is 2.53. The molecule has 0 saturated heterocycles. The summed E-state index contributed by atoms with van der Waals surface area (Å²) in [7, 11) is 0. The minimum atomic E-state index is -1.99. The molecule has 0 aliphatic heterocycles. The molecule has 0 aliphatic carbocycles. The van der Waals surface area contributed by atoms with Gasteiger partial charge >= 0.3 is 5.97 Å². The maximum absolute atomic E-state index is 12.3. The molecule has 0 radical (unpaired) electrons. The summed E-state index contributed by atoms with van der Waals surface area (Å²) >= 11 is 0. The maximum Gasteiger partial charge on any atom is 0.345 e. The largest absolute Gasteiger partial charge is 0.460 e. The summed E-state index contributed by atoms with van der Waals surface area (Å²) in [5.74, 6) is -0.778. The Hall–Kier alpha value is -1.39. The molecule has 0 aliphatic rings. The topological polar surface area (TPSA) is 66.8 Å². The van der Waals surface area contributed by atoms with Gasteiger partial charge in [-0.3, -0.25) is 0 Å². The first kappa shape index (κ1) is 17.7. The van der Waals surface area contributed by atoms with Crippen LogP contribution in [0, 0.1) is 0 Å². The van der Waals surface area contributed by atoms with E-state index in [1.807, 2.05) is 6.92 Å². The summed E-state index contributed by atoms with van der Waals surface area (Å²) in [5.41, 5.74) is -1.64. The molecule has 0 saturated carbocycles. The number of unbranched alkanes of at least 4 members (excludes halogenated alkanes) is 2. The van der Waals surface area contributed by atoms with Crippen molar-refractivity contribution in [2.24, 2.45) is 0 Å². The molecular weight excluding hydrogens is 268 g/mol. The van der Waals surface area contributed by atoms with E-state index in [0.29, 0.717) is 12.0 Å². The number of carbonyl (C=O) groups is 1. The highest BCUT2D eigenvalue weighted by atomic mass is 16.6. The molecule has 0 amide bonds. The Morgan fingerprint density at radius 3 is 2.43 bits per heavy atom. The molecule has 4 nitrogen and oxygen atoms in total. The first-order chi connectivity index (χ1) is 10.1. The van der Waals surface area contributed by atoms with Crippen molar-refractivity contribution in [1.29, 1.82) is 0 Å². The molecular formula is C17H26O4. The van der Waals surface area contributed by atoms with Gasteiger partial charge in [0.25, 0.3) is 0 Å². The summed E-state index contributed by atoms with van der Waals surface area (Å²) in [6, 6.07) is 8.42. The number of aliphatic hydroxyl groups is 2. The number of hydrogen-bond donors (Lipinski definition) is 2. The van der Waals surface area contributed by atoms with Crippen molar-refractivity contribution in [3.8, 4) is 0 Å². The molecule has 0 heterocycles. The molecule has 2 N–H and O–H groups in total. The fourth-order valence-corrected chi connectivity index (χ4v) is 2.20. The first-order valence-electron chi connectivity index (χ1n) is 7.68. The lowest BCUT2D eigenvalue weighted by atomic mass is 9.94. The predicted octanol–water partition coefficient (Wildman–Crippen LogP) is 2.77. The zero-order valence-corrected chi connectivity index (χ0v) is 12.9. The standard InChI is InChI=1S/C17H26O4/c1-3-5-7-12-15(4-2)21-16(19)17(20,13-18)14-10-8-6-9-11-14/h6,8-11,15,18,20H,3-5,7,12-13H2,1-2H3. The zero-order chi connectivity index (χ0) is 15.7. The predicted molar refractivity (Wildman–Crippen MR) is 81.7 cm³/mol. The van der Waals surface area contributed by atoms with Crippen molar-refractivity contribution >= 4 is 5.97 Å². The number of benzene rings is 1. The van der Waals surface area contributed by atoms with Crippen molar-refractivity contribution in [2.75, 3.05) is 6.61 Å². The molecule has 0 spiro atoms. The fourth-order valence-electron chi connectivity index (χ4n) is 2.20. The minimum absolute atomic E-state index is 0.217. The molecule has 0 fully saturated rings. The second-order valence-corrected chi connectivity index (χ2v) is 5.32. The highest BCUT2D eigenvalue weighted by molar-refractivity contribution is 5.81. The Morgan fingerprint density at radius 1 is 1.24 bits per heavy atom. The third-order valence-electron chi connectivity index (χ3n) is 3.68. The molecule has 0 bridgehead atoms. The lowest BCUT2D eigenvalue weighted by molar-refractivity contribution is -0.177. The molecule has 2 atom stereocenters. The minimum Gasteiger partial charge on any atom is -0.460 e. The van der Waals surface area contributed by atoms with Gasteiger partial charge in [-0.05, 0) is 24.8 Å². The third kappa shape index (κ3) is 4.83. The third-order valence-corrected chi connectivity index (χ3v) is 3.68. The van der Waals surface area contributed by atoms with Gasteiger partial charge in [-0.15, -0.1) is 0 Å². The van der Waals surface area contributed by atoms with Crippen LogP contribution in [0.4, 0.5) is 0 Å². The van der Waals surface area contributed by atoms with Crippen LogP contribution in [-0.4, -0.2) is 28.9 Å². The van der Waals surface area contributed by atoms with Crippen LogP contribution in [0.5, 0.6) is 0 Å². The SMILES string of the molecule is CCCCCC(CC)OC(=O)C(O)(CO)c1ccccc1. The Bertz CT molecular complexity index is 418. The van der Waals surface area contributed by atoms with Crippen molar-refractivity contribution in [1.82, 2.24) is 0 Å². The van der Waals surface area contributed by atoms with E-state index >= 15 is 0 Å². The van der Waals surface area contributed by atoms with Gasteiger partial charge in [0.1, 0.15) is 6.10 Å². The summed E-state index contributed by atoms with van der Waals surface area (Å²) in [5, 5.41) is 19.9. The van der Waals surface area contributed by atoms with Crippen LogP contribution in [-0.2, 0) is 15.1 Å². The van der Waals surface area contributed by atoms with E-state index in [4.69, 9.17) is 4.74 Å². The normalized spacial score (nSPS) is 15.2. The van der Waals surface area contributed by atoms with Crippen molar-refractivity contribution in [3.63, 3.8) is 0 Å². The molecule has 2 unspecified atom stereocenters. The van der Waals surface area contributed by atoms with Gasteiger partial charge in [0.05, 0.1) is 6.61 Å². The van der Waals surface area contributed by atoms with Crippen molar-refractivity contribution in [2.45, 2.75) is 57.7 Å². The highest BCUT2D eigenvalue weighted by Crippen LogP contribution is 2.24. The number of rotatable bonds is 9.